The van der Waals surface area contributed by atoms with Gasteiger partial charge in [0, 0.05) is 31.5 Å². The molecule has 0 saturated heterocycles. The number of hydrogen-bond acceptors (Lipinski definition) is 9. The molecule has 0 aliphatic heterocycles. The van der Waals surface area contributed by atoms with Crippen LogP contribution in [0.3, 0.4) is 0 Å². The van der Waals surface area contributed by atoms with Crippen LogP contribution in [0.5, 0.6) is 0 Å². The maximum Gasteiger partial charge on any atom is 0.415 e. The normalized spacial score (nSPS) is 12.8. The number of pyridine rings is 1. The Balaban J connectivity index is 0.00000189. The summed E-state index contributed by atoms with van der Waals surface area (Å²) in [6.45, 7) is 11.0. The van der Waals surface area contributed by atoms with Gasteiger partial charge in [0.05, 0.1) is 6.20 Å². The number of aromatic nitrogens is 6. The molecule has 0 spiro atoms. The molecule has 1 aliphatic carbocycles. The fourth-order valence-corrected chi connectivity index (χ4v) is 3.81. The Morgan fingerprint density at radius 2 is 1.88 bits per heavy atom. The van der Waals surface area contributed by atoms with Gasteiger partial charge in [-0.2, -0.15) is 9.61 Å². The predicted octanol–water partition coefficient (Wildman–Crippen LogP) is 4.01. The van der Waals surface area contributed by atoms with Gasteiger partial charge < -0.3 is 15.4 Å². The molecule has 0 unspecified atom stereocenters. The Morgan fingerprint density at radius 1 is 1.15 bits per heavy atom. The first-order valence-corrected chi connectivity index (χ1v) is 13.5. The summed E-state index contributed by atoms with van der Waals surface area (Å²) in [5, 5.41) is 10.3. The van der Waals surface area contributed by atoms with Crippen molar-refractivity contribution in [2.24, 2.45) is 0 Å². The maximum atomic E-state index is 13.3. The van der Waals surface area contributed by atoms with Crippen molar-refractivity contribution in [2.45, 2.75) is 66.0 Å². The molecule has 1 fully saturated rings. The van der Waals surface area contributed by atoms with Gasteiger partial charge in [0.2, 0.25) is 0 Å². The Labute approximate surface area is 237 Å². The van der Waals surface area contributed by atoms with E-state index in [4.69, 9.17) is 4.74 Å². The average molecular weight is 562 g/mol. The van der Waals surface area contributed by atoms with Crippen LogP contribution < -0.4 is 21.1 Å². The molecule has 4 aromatic heterocycles. The van der Waals surface area contributed by atoms with Gasteiger partial charge in [-0.05, 0) is 58.7 Å². The molecule has 41 heavy (non-hydrogen) atoms. The first-order valence-electron chi connectivity index (χ1n) is 13.5. The highest BCUT2D eigenvalue weighted by Crippen LogP contribution is 2.26. The second kappa shape index (κ2) is 11.7. The van der Waals surface area contributed by atoms with Gasteiger partial charge >= 0.3 is 6.09 Å². The molecular formula is C28H35N9O4. The van der Waals surface area contributed by atoms with Crippen LogP contribution in [0.1, 0.15) is 63.6 Å². The predicted molar refractivity (Wildman–Crippen MR) is 155 cm³/mol. The minimum absolute atomic E-state index is 0.130. The Morgan fingerprint density at radius 3 is 2.54 bits per heavy atom. The number of rotatable bonds is 6. The topological polar surface area (TPSA) is 149 Å². The summed E-state index contributed by atoms with van der Waals surface area (Å²) >= 11 is 0. The molecule has 1 saturated carbocycles. The molecule has 2 amide bonds. The molecule has 2 N–H and O–H groups in total. The zero-order chi connectivity index (χ0) is 29.9. The van der Waals surface area contributed by atoms with E-state index in [1.807, 2.05) is 13.8 Å². The molecule has 0 atom stereocenters. The number of carbonyl (C=O) groups is 2. The maximum absolute atomic E-state index is 13.3. The van der Waals surface area contributed by atoms with E-state index in [1.54, 1.807) is 64.4 Å². The van der Waals surface area contributed by atoms with Gasteiger partial charge in [0.1, 0.15) is 40.1 Å². The van der Waals surface area contributed by atoms with Gasteiger partial charge in [-0.25, -0.2) is 19.7 Å². The number of nitrogens with one attached hydrogen (secondary N) is 2. The third kappa shape index (κ3) is 6.68. The molecule has 0 aromatic carbocycles. The molecule has 4 aromatic rings. The smallest absolute Gasteiger partial charge is 0.415 e. The summed E-state index contributed by atoms with van der Waals surface area (Å²) in [6, 6.07) is 6.62. The minimum Gasteiger partial charge on any atom is -0.443 e. The van der Waals surface area contributed by atoms with Gasteiger partial charge in [0.25, 0.3) is 11.5 Å². The van der Waals surface area contributed by atoms with E-state index in [0.29, 0.717) is 11.6 Å². The lowest BCUT2D eigenvalue weighted by Crippen LogP contribution is -2.35. The summed E-state index contributed by atoms with van der Waals surface area (Å²) in [4.78, 5) is 53.5. The van der Waals surface area contributed by atoms with Crippen molar-refractivity contribution in [1.82, 2.24) is 34.4 Å². The van der Waals surface area contributed by atoms with Crippen LogP contribution in [0.15, 0.2) is 47.7 Å². The first kappa shape index (κ1) is 29.2. The third-order valence-corrected chi connectivity index (χ3v) is 5.84. The zero-order valence-electron chi connectivity index (χ0n) is 24.3. The quantitative estimate of drug-likeness (QED) is 0.356. The standard InChI is InChI=1S/C26H29N9O4.C2H6/c1-15-27-11-10-20(29-15)34-12-6-7-18(24(34)37)31-19-13-21(33(5)25(38)39-26(2,3)4)35-22(32-19)17(14-28-35)23(36)30-16-8-9-16;1-2/h6-7,10-14,16H,8-9H2,1-5H3,(H,30,36)(H,31,32);1-2H3. The van der Waals surface area contributed by atoms with Gasteiger partial charge in [0.15, 0.2) is 5.65 Å². The summed E-state index contributed by atoms with van der Waals surface area (Å²) in [6.07, 6.45) is 5.80. The average Bonchev–Trinajstić information content (AvgIpc) is 3.64. The van der Waals surface area contributed by atoms with Crippen LogP contribution in [0.2, 0.25) is 0 Å². The first-order chi connectivity index (χ1) is 19.5. The lowest BCUT2D eigenvalue weighted by molar-refractivity contribution is 0.0587. The number of nitrogens with zero attached hydrogens (tertiary/aromatic N) is 7. The molecule has 13 nitrogen and oxygen atoms in total. The van der Waals surface area contributed by atoms with E-state index in [9.17, 15) is 14.4 Å². The number of aryl methyl sites for hydroxylation is 1. The van der Waals surface area contributed by atoms with E-state index >= 15 is 0 Å². The van der Waals surface area contributed by atoms with E-state index in [0.717, 1.165) is 12.8 Å². The number of carbonyl (C=O) groups excluding carboxylic acids is 2. The van der Waals surface area contributed by atoms with Crippen molar-refractivity contribution in [2.75, 3.05) is 17.3 Å². The molecule has 0 radical (unpaired) electrons. The molecule has 4 heterocycles. The fraction of sp³-hybridized carbons (Fsp3) is 0.393. The molecule has 5 rings (SSSR count). The Bertz CT molecular complexity index is 1630. The molecule has 216 valence electrons. The van der Waals surface area contributed by atoms with Gasteiger partial charge in [-0.1, -0.05) is 13.8 Å². The zero-order valence-corrected chi connectivity index (χ0v) is 24.3. The highest BCUT2D eigenvalue weighted by Gasteiger charge is 2.28. The monoisotopic (exact) mass is 561 g/mol. The summed E-state index contributed by atoms with van der Waals surface area (Å²) < 4.78 is 8.31. The number of anilines is 3. The largest absolute Gasteiger partial charge is 0.443 e. The Kier molecular flexibility index (Phi) is 8.36. The summed E-state index contributed by atoms with van der Waals surface area (Å²) in [5.41, 5.74) is -0.441. The molecule has 1 aliphatic rings. The van der Waals surface area contributed by atoms with Crippen LogP contribution >= 0.6 is 0 Å². The fourth-order valence-electron chi connectivity index (χ4n) is 3.81. The summed E-state index contributed by atoms with van der Waals surface area (Å²) in [5.74, 6) is 1.13. The van der Waals surface area contributed by atoms with Crippen LogP contribution in [-0.4, -0.2) is 59.8 Å². The molecular weight excluding hydrogens is 526 g/mol. The molecule has 13 heteroatoms. The van der Waals surface area contributed by atoms with Crippen molar-refractivity contribution < 1.29 is 14.3 Å². The van der Waals surface area contributed by atoms with E-state index in [-0.39, 0.29) is 46.0 Å². The van der Waals surface area contributed by atoms with Crippen LogP contribution in [0.25, 0.3) is 11.5 Å². The van der Waals surface area contributed by atoms with E-state index in [2.05, 4.69) is 30.7 Å². The van der Waals surface area contributed by atoms with Crippen molar-refractivity contribution in [3.05, 3.63) is 64.6 Å². The van der Waals surface area contributed by atoms with Crippen LogP contribution in [-0.2, 0) is 4.74 Å². The van der Waals surface area contributed by atoms with E-state index in [1.165, 1.54) is 27.2 Å². The third-order valence-electron chi connectivity index (χ3n) is 5.84. The van der Waals surface area contributed by atoms with Gasteiger partial charge in [-0.3, -0.25) is 19.1 Å². The second-order valence-electron chi connectivity index (χ2n) is 10.3. The van der Waals surface area contributed by atoms with Crippen LogP contribution in [0, 0.1) is 6.92 Å². The van der Waals surface area contributed by atoms with Crippen molar-refractivity contribution in [1.29, 1.82) is 0 Å². The Hall–Kier alpha value is -4.81. The number of hydrogen-bond donors (Lipinski definition) is 2. The highest BCUT2D eigenvalue weighted by atomic mass is 16.6. The van der Waals surface area contributed by atoms with Gasteiger partial charge in [-0.15, -0.1) is 0 Å². The number of ether oxygens (including phenoxy) is 1. The molecule has 0 bridgehead atoms. The van der Waals surface area contributed by atoms with Crippen LogP contribution in [0.4, 0.5) is 22.1 Å². The highest BCUT2D eigenvalue weighted by molar-refractivity contribution is 6.00. The summed E-state index contributed by atoms with van der Waals surface area (Å²) in [7, 11) is 1.53. The lowest BCUT2D eigenvalue weighted by atomic mass is 10.2. The minimum atomic E-state index is -0.730. The van der Waals surface area contributed by atoms with Crippen molar-refractivity contribution >= 4 is 35.0 Å². The number of fused-ring (bicyclic) bond motifs is 1. The van der Waals surface area contributed by atoms with E-state index < -0.39 is 11.7 Å². The number of amides is 2. The van der Waals surface area contributed by atoms with Crippen molar-refractivity contribution in [3.8, 4) is 5.82 Å². The van der Waals surface area contributed by atoms with Crippen molar-refractivity contribution in [3.63, 3.8) is 0 Å². The lowest BCUT2D eigenvalue weighted by Gasteiger charge is -2.25. The second-order valence-corrected chi connectivity index (χ2v) is 10.3. The SMILES string of the molecule is CC.Cc1nccc(-n2cccc(Nc3cc(N(C)C(=O)OC(C)(C)C)n4ncc(C(=O)NC5CC5)c4n3)c2=O)n1.